The first-order chi connectivity index (χ1) is 12.0. The van der Waals surface area contributed by atoms with Crippen LogP contribution in [0.3, 0.4) is 0 Å². The van der Waals surface area contributed by atoms with Crippen molar-refractivity contribution in [3.63, 3.8) is 0 Å². The summed E-state index contributed by atoms with van der Waals surface area (Å²) in [6, 6.07) is 2.86. The summed E-state index contributed by atoms with van der Waals surface area (Å²) in [5.41, 5.74) is 2.27. The number of nitrogens with one attached hydrogen (secondary N) is 1. The minimum absolute atomic E-state index is 0.226. The van der Waals surface area contributed by atoms with Gasteiger partial charge in [-0.1, -0.05) is 6.92 Å². The van der Waals surface area contributed by atoms with E-state index in [4.69, 9.17) is 0 Å². The fraction of sp³-hybridized carbons (Fsp3) is 0.579. The first kappa shape index (κ1) is 17.9. The summed E-state index contributed by atoms with van der Waals surface area (Å²) >= 11 is 0. The van der Waals surface area contributed by atoms with Crippen molar-refractivity contribution in [2.24, 2.45) is 11.8 Å². The Kier molecular flexibility index (Phi) is 5.37. The van der Waals surface area contributed by atoms with E-state index in [-0.39, 0.29) is 11.7 Å². The molecular formula is C19H26FN3O2. The monoisotopic (exact) mass is 347 g/mol. The van der Waals surface area contributed by atoms with E-state index >= 15 is 0 Å². The van der Waals surface area contributed by atoms with Crippen molar-refractivity contribution >= 4 is 18.0 Å². The number of hydrogen-bond acceptors (Lipinski definition) is 3. The minimum Gasteiger partial charge on any atom is -0.340 e. The number of piperazine rings is 1. The highest BCUT2D eigenvalue weighted by molar-refractivity contribution is 5.79. The maximum absolute atomic E-state index is 13.8. The van der Waals surface area contributed by atoms with Crippen LogP contribution in [0.5, 0.6) is 0 Å². The zero-order valence-corrected chi connectivity index (χ0v) is 14.9. The van der Waals surface area contributed by atoms with Gasteiger partial charge in [-0.15, -0.1) is 0 Å². The maximum atomic E-state index is 13.8. The average Bonchev–Trinajstić information content (AvgIpc) is 2.56. The van der Waals surface area contributed by atoms with Gasteiger partial charge in [-0.2, -0.15) is 0 Å². The highest BCUT2D eigenvalue weighted by atomic mass is 19.1. The van der Waals surface area contributed by atoms with Crippen LogP contribution in [-0.2, 0) is 16.1 Å². The number of amides is 2. The smallest absolute Gasteiger partial charge is 0.225 e. The summed E-state index contributed by atoms with van der Waals surface area (Å²) < 4.78 is 13.8. The van der Waals surface area contributed by atoms with E-state index < -0.39 is 0 Å². The van der Waals surface area contributed by atoms with Gasteiger partial charge < -0.3 is 10.2 Å². The van der Waals surface area contributed by atoms with Crippen molar-refractivity contribution in [2.75, 3.05) is 31.5 Å². The Balaban J connectivity index is 1.57. The molecule has 6 heteroatoms. The van der Waals surface area contributed by atoms with Gasteiger partial charge in [0, 0.05) is 44.3 Å². The molecule has 25 heavy (non-hydrogen) atoms. The molecule has 0 atom stereocenters. The first-order valence-corrected chi connectivity index (χ1v) is 8.98. The van der Waals surface area contributed by atoms with Crippen molar-refractivity contribution in [3.05, 3.63) is 29.1 Å². The van der Waals surface area contributed by atoms with E-state index in [2.05, 4.69) is 17.1 Å². The Hall–Kier alpha value is -1.95. The Labute approximate surface area is 148 Å². The highest BCUT2D eigenvalue weighted by Crippen LogP contribution is 2.34. The van der Waals surface area contributed by atoms with E-state index in [0.717, 1.165) is 50.1 Å². The number of carbonyl (C=O) groups is 2. The second-order valence-electron chi connectivity index (χ2n) is 7.37. The molecule has 136 valence electrons. The van der Waals surface area contributed by atoms with E-state index in [0.29, 0.717) is 30.5 Å². The van der Waals surface area contributed by atoms with Gasteiger partial charge in [-0.25, -0.2) is 4.39 Å². The molecule has 5 nitrogen and oxygen atoms in total. The van der Waals surface area contributed by atoms with Crippen LogP contribution in [0.15, 0.2) is 12.1 Å². The molecule has 0 aromatic heterocycles. The summed E-state index contributed by atoms with van der Waals surface area (Å²) in [6.45, 7) is 7.75. The lowest BCUT2D eigenvalue weighted by molar-refractivity contribution is -0.141. The second-order valence-corrected chi connectivity index (χ2v) is 7.37. The van der Waals surface area contributed by atoms with E-state index in [1.165, 1.54) is 12.1 Å². The minimum atomic E-state index is -0.349. The summed E-state index contributed by atoms with van der Waals surface area (Å²) in [4.78, 5) is 27.3. The molecule has 1 heterocycles. The molecule has 0 spiro atoms. The van der Waals surface area contributed by atoms with Crippen LogP contribution in [-0.4, -0.2) is 48.3 Å². The average molecular weight is 347 g/mol. The van der Waals surface area contributed by atoms with Crippen LogP contribution >= 0.6 is 0 Å². The topological polar surface area (TPSA) is 52.6 Å². The van der Waals surface area contributed by atoms with Gasteiger partial charge in [0.05, 0.1) is 0 Å². The molecule has 0 unspecified atom stereocenters. The van der Waals surface area contributed by atoms with E-state index in [1.54, 1.807) is 0 Å². The predicted molar refractivity (Wildman–Crippen MR) is 94.6 cm³/mol. The third kappa shape index (κ3) is 4.00. The van der Waals surface area contributed by atoms with E-state index in [1.807, 2.05) is 11.8 Å². The van der Waals surface area contributed by atoms with Gasteiger partial charge >= 0.3 is 0 Å². The van der Waals surface area contributed by atoms with Crippen LogP contribution < -0.4 is 5.32 Å². The molecule has 1 saturated carbocycles. The van der Waals surface area contributed by atoms with Gasteiger partial charge in [0.2, 0.25) is 12.3 Å². The SMILES string of the molecule is Cc1c(CN2CCN(C(=O)C3CC(C)C3)CC2)cc(F)cc1NC=O. The number of rotatable bonds is 5. The zero-order chi connectivity index (χ0) is 18.0. The third-order valence-corrected chi connectivity index (χ3v) is 5.50. The fourth-order valence-corrected chi connectivity index (χ4v) is 3.84. The Bertz CT molecular complexity index is 650. The van der Waals surface area contributed by atoms with Gasteiger partial charge in [0.1, 0.15) is 5.82 Å². The molecule has 1 saturated heterocycles. The molecule has 1 aromatic rings. The van der Waals surface area contributed by atoms with Gasteiger partial charge in [-0.3, -0.25) is 14.5 Å². The van der Waals surface area contributed by atoms with Crippen LogP contribution in [0.1, 0.15) is 30.9 Å². The van der Waals surface area contributed by atoms with Crippen molar-refractivity contribution < 1.29 is 14.0 Å². The fourth-order valence-electron chi connectivity index (χ4n) is 3.84. The maximum Gasteiger partial charge on any atom is 0.225 e. The Morgan fingerprint density at radius 2 is 1.96 bits per heavy atom. The number of halogens is 1. The number of hydrogen-bond donors (Lipinski definition) is 1. The van der Waals surface area contributed by atoms with Gasteiger partial charge in [-0.05, 0) is 48.9 Å². The van der Waals surface area contributed by atoms with Gasteiger partial charge in [0.25, 0.3) is 0 Å². The molecule has 3 rings (SSSR count). The Morgan fingerprint density at radius 1 is 1.28 bits per heavy atom. The zero-order valence-electron chi connectivity index (χ0n) is 14.9. The lowest BCUT2D eigenvalue weighted by Crippen LogP contribution is -2.51. The summed E-state index contributed by atoms with van der Waals surface area (Å²) in [5.74, 6) is 0.861. The van der Waals surface area contributed by atoms with Gasteiger partial charge in [0.15, 0.2) is 0 Å². The van der Waals surface area contributed by atoms with Crippen LogP contribution in [0.25, 0.3) is 0 Å². The van der Waals surface area contributed by atoms with Crippen molar-refractivity contribution in [2.45, 2.75) is 33.2 Å². The molecule has 1 aliphatic carbocycles. The highest BCUT2D eigenvalue weighted by Gasteiger charge is 2.35. The molecular weight excluding hydrogens is 321 g/mol. The van der Waals surface area contributed by atoms with Crippen LogP contribution in [0.2, 0.25) is 0 Å². The van der Waals surface area contributed by atoms with Crippen LogP contribution in [0, 0.1) is 24.6 Å². The molecule has 2 aliphatic rings. The van der Waals surface area contributed by atoms with Crippen molar-refractivity contribution in [1.29, 1.82) is 0 Å². The lowest BCUT2D eigenvalue weighted by Gasteiger charge is -2.40. The molecule has 1 aromatic carbocycles. The summed E-state index contributed by atoms with van der Waals surface area (Å²) in [5, 5.41) is 2.55. The normalized spacial score (nSPS) is 23.9. The largest absolute Gasteiger partial charge is 0.340 e. The van der Waals surface area contributed by atoms with Crippen molar-refractivity contribution in [3.8, 4) is 0 Å². The summed E-state index contributed by atoms with van der Waals surface area (Å²) in [6.07, 6.45) is 2.61. The molecule has 1 N–H and O–H groups in total. The standard InChI is InChI=1S/C19H26FN3O2/c1-13-7-15(8-13)19(25)23-5-3-22(4-6-23)11-16-9-17(20)10-18(14(16)2)21-12-24/h9-10,12-13,15H,3-8,11H2,1-2H3,(H,21,24). The third-order valence-electron chi connectivity index (χ3n) is 5.50. The number of nitrogens with zero attached hydrogens (tertiary/aromatic N) is 2. The Morgan fingerprint density at radius 3 is 2.56 bits per heavy atom. The summed E-state index contributed by atoms with van der Waals surface area (Å²) in [7, 11) is 0. The second kappa shape index (κ2) is 7.52. The molecule has 1 aliphatic heterocycles. The number of benzene rings is 1. The predicted octanol–water partition coefficient (Wildman–Crippen LogP) is 2.39. The van der Waals surface area contributed by atoms with Crippen molar-refractivity contribution in [1.82, 2.24) is 9.80 Å². The lowest BCUT2D eigenvalue weighted by atomic mass is 9.75. The molecule has 0 radical (unpaired) electrons. The quantitative estimate of drug-likeness (QED) is 0.832. The molecule has 2 fully saturated rings. The number of carbonyl (C=O) groups excluding carboxylic acids is 2. The molecule has 2 amide bonds. The van der Waals surface area contributed by atoms with Crippen LogP contribution in [0.4, 0.5) is 10.1 Å². The number of anilines is 1. The van der Waals surface area contributed by atoms with E-state index in [9.17, 15) is 14.0 Å². The molecule has 0 bridgehead atoms. The first-order valence-electron chi connectivity index (χ1n) is 8.98.